The molecule has 0 radical (unpaired) electrons. The van der Waals surface area contributed by atoms with Crippen LogP contribution in [0.5, 0.6) is 0 Å². The van der Waals surface area contributed by atoms with Gasteiger partial charge in [-0.25, -0.2) is 10.2 Å². The second-order valence-electron chi connectivity index (χ2n) is 9.38. The third-order valence-corrected chi connectivity index (χ3v) is 6.54. The summed E-state index contributed by atoms with van der Waals surface area (Å²) in [5, 5.41) is 15.5. The zero-order chi connectivity index (χ0) is 26.8. The number of nitro groups is 1. The Morgan fingerprint density at radius 1 is 1.08 bits per heavy atom. The van der Waals surface area contributed by atoms with Crippen molar-refractivity contribution in [2.24, 2.45) is 12.1 Å². The minimum Gasteiger partial charge on any atom is -0.303 e. The lowest BCUT2D eigenvalue weighted by Crippen LogP contribution is -2.29. The molecule has 0 atom stereocenters. The number of nitro benzene ring substituents is 1. The van der Waals surface area contributed by atoms with Crippen molar-refractivity contribution in [2.45, 2.75) is 84.6 Å². The average molecular weight is 512 g/mol. The third-order valence-electron chi connectivity index (χ3n) is 6.54. The smallest absolute Gasteiger partial charge is 0.303 e. The maximum absolute atomic E-state index is 12.7. The number of H-pyrrole nitrogens is 1. The van der Waals surface area contributed by atoms with Gasteiger partial charge >= 0.3 is 5.69 Å². The Hall–Kier alpha value is -3.76. The predicted molar refractivity (Wildman–Crippen MR) is 146 cm³/mol. The van der Waals surface area contributed by atoms with Crippen molar-refractivity contribution in [1.29, 1.82) is 0 Å². The van der Waals surface area contributed by atoms with E-state index < -0.39 is 16.2 Å². The zero-order valence-electron chi connectivity index (χ0n) is 22.0. The van der Waals surface area contributed by atoms with Gasteiger partial charge in [-0.2, -0.15) is 10.1 Å². The van der Waals surface area contributed by atoms with Crippen molar-refractivity contribution in [3.05, 3.63) is 60.8 Å². The number of aryl methyl sites for hydroxylation is 2. The molecule has 3 aromatic rings. The molecule has 0 aliphatic carbocycles. The Balaban J connectivity index is 1.73. The largest absolute Gasteiger partial charge is 0.329 e. The van der Waals surface area contributed by atoms with Gasteiger partial charge in [0.25, 0.3) is 11.2 Å². The monoisotopic (exact) mass is 511 g/mol. The highest BCUT2D eigenvalue weighted by Gasteiger charge is 2.17. The van der Waals surface area contributed by atoms with Crippen LogP contribution in [0.2, 0.25) is 0 Å². The van der Waals surface area contributed by atoms with Crippen LogP contribution in [0.3, 0.4) is 0 Å². The lowest BCUT2D eigenvalue weighted by molar-refractivity contribution is -0.384. The molecule has 0 saturated heterocycles. The van der Waals surface area contributed by atoms with E-state index in [0.29, 0.717) is 29.3 Å². The van der Waals surface area contributed by atoms with Gasteiger partial charge < -0.3 is 4.57 Å². The molecular formula is C26H37N7O4. The number of rotatable bonds is 15. The lowest BCUT2D eigenvalue weighted by Gasteiger charge is -2.09. The number of imidazole rings is 1. The standard InChI is InChI=1S/C26H37N7O4/c1-4-5-6-7-8-9-10-11-12-13-17-32-22-23(31(3)26(35)28-24(22)34)27-25(32)30-29-19(2)20-15-14-16-21(18-20)33(36)37/h14-16,18H,4-13,17H2,1-3H3,(H,27,30)(H,28,34,35). The predicted octanol–water partition coefficient (Wildman–Crippen LogP) is 5.09. The summed E-state index contributed by atoms with van der Waals surface area (Å²) in [6, 6.07) is 6.20. The van der Waals surface area contributed by atoms with E-state index in [-0.39, 0.29) is 11.3 Å². The van der Waals surface area contributed by atoms with E-state index in [1.54, 1.807) is 30.7 Å². The van der Waals surface area contributed by atoms with E-state index in [2.05, 4.69) is 27.4 Å². The molecular weight excluding hydrogens is 474 g/mol. The summed E-state index contributed by atoms with van der Waals surface area (Å²) in [7, 11) is 1.56. The summed E-state index contributed by atoms with van der Waals surface area (Å²) in [6.07, 6.45) is 11.9. The van der Waals surface area contributed by atoms with E-state index in [9.17, 15) is 19.7 Å². The van der Waals surface area contributed by atoms with Gasteiger partial charge in [0.1, 0.15) is 0 Å². The number of hydrogen-bond acceptors (Lipinski definition) is 7. The summed E-state index contributed by atoms with van der Waals surface area (Å²) in [5.74, 6) is 0.336. The number of aromatic amines is 1. The molecule has 2 N–H and O–H groups in total. The topological polar surface area (TPSA) is 140 Å². The quantitative estimate of drug-likeness (QED) is 0.126. The number of hydrazone groups is 1. The van der Waals surface area contributed by atoms with Crippen LogP contribution in [0.15, 0.2) is 39.0 Å². The number of nitrogens with zero attached hydrogens (tertiary/aromatic N) is 5. The van der Waals surface area contributed by atoms with Crippen LogP contribution in [-0.4, -0.2) is 29.7 Å². The molecule has 0 fully saturated rings. The van der Waals surface area contributed by atoms with Gasteiger partial charge in [-0.05, 0) is 13.3 Å². The lowest BCUT2D eigenvalue weighted by atomic mass is 10.1. The molecule has 0 aliphatic rings. The van der Waals surface area contributed by atoms with Crippen LogP contribution < -0.4 is 16.7 Å². The highest BCUT2D eigenvalue weighted by atomic mass is 16.6. The fraction of sp³-hybridized carbons (Fsp3) is 0.538. The number of fused-ring (bicyclic) bond motifs is 1. The Labute approximate surface area is 215 Å². The Kier molecular flexibility index (Phi) is 10.2. The van der Waals surface area contributed by atoms with Gasteiger partial charge in [0.05, 0.1) is 10.6 Å². The molecule has 0 bridgehead atoms. The highest BCUT2D eigenvalue weighted by molar-refractivity contribution is 5.99. The summed E-state index contributed by atoms with van der Waals surface area (Å²) >= 11 is 0. The molecule has 0 unspecified atom stereocenters. The normalized spacial score (nSPS) is 11.8. The molecule has 2 aromatic heterocycles. The summed E-state index contributed by atoms with van der Waals surface area (Å²) in [6.45, 7) is 4.49. The molecule has 0 saturated carbocycles. The Morgan fingerprint density at radius 2 is 1.73 bits per heavy atom. The maximum atomic E-state index is 12.7. The van der Waals surface area contributed by atoms with E-state index in [4.69, 9.17) is 0 Å². The van der Waals surface area contributed by atoms with Crippen LogP contribution in [0.25, 0.3) is 11.2 Å². The van der Waals surface area contributed by atoms with Gasteiger partial charge in [-0.3, -0.25) is 24.5 Å². The minimum atomic E-state index is -0.538. The summed E-state index contributed by atoms with van der Waals surface area (Å²) in [5.41, 5.74) is 3.54. The van der Waals surface area contributed by atoms with Crippen LogP contribution in [0.1, 0.15) is 83.6 Å². The SMILES string of the molecule is CCCCCCCCCCCCn1c(NN=C(C)c2cccc([N+](=O)[O-])c2)nc2c1c(=O)[nH]c(=O)n2C. The first-order chi connectivity index (χ1) is 17.8. The first-order valence-corrected chi connectivity index (χ1v) is 13.1. The number of unbranched alkanes of at least 4 members (excludes halogenated alkanes) is 9. The van der Waals surface area contributed by atoms with Gasteiger partial charge in [0.15, 0.2) is 11.2 Å². The van der Waals surface area contributed by atoms with Crippen molar-refractivity contribution >= 4 is 28.5 Å². The molecule has 37 heavy (non-hydrogen) atoms. The van der Waals surface area contributed by atoms with Gasteiger partial charge in [-0.1, -0.05) is 76.8 Å². The molecule has 0 spiro atoms. The maximum Gasteiger partial charge on any atom is 0.329 e. The van der Waals surface area contributed by atoms with Gasteiger partial charge in [0, 0.05) is 31.3 Å². The molecule has 2 heterocycles. The van der Waals surface area contributed by atoms with Crippen molar-refractivity contribution in [3.63, 3.8) is 0 Å². The Morgan fingerprint density at radius 3 is 2.38 bits per heavy atom. The molecule has 11 heteroatoms. The number of hydrogen-bond donors (Lipinski definition) is 2. The molecule has 0 aliphatic heterocycles. The number of aromatic nitrogens is 4. The molecule has 11 nitrogen and oxygen atoms in total. The fourth-order valence-corrected chi connectivity index (χ4v) is 4.34. The van der Waals surface area contributed by atoms with Crippen LogP contribution in [-0.2, 0) is 13.6 Å². The van der Waals surface area contributed by atoms with Crippen molar-refractivity contribution in [3.8, 4) is 0 Å². The molecule has 0 amide bonds. The van der Waals surface area contributed by atoms with E-state index >= 15 is 0 Å². The third kappa shape index (κ3) is 7.37. The van der Waals surface area contributed by atoms with Crippen LogP contribution >= 0.6 is 0 Å². The molecule has 1 aromatic carbocycles. The minimum absolute atomic E-state index is 0.0261. The molecule has 3 rings (SSSR count). The van der Waals surface area contributed by atoms with Crippen LogP contribution in [0, 0.1) is 10.1 Å². The van der Waals surface area contributed by atoms with E-state index in [0.717, 1.165) is 19.3 Å². The van der Waals surface area contributed by atoms with Crippen molar-refractivity contribution in [1.82, 2.24) is 19.1 Å². The summed E-state index contributed by atoms with van der Waals surface area (Å²) < 4.78 is 3.05. The van der Waals surface area contributed by atoms with Gasteiger partial charge in [0.2, 0.25) is 5.95 Å². The van der Waals surface area contributed by atoms with Crippen molar-refractivity contribution < 1.29 is 4.92 Å². The highest BCUT2D eigenvalue weighted by Crippen LogP contribution is 2.19. The average Bonchev–Trinajstić information content (AvgIpc) is 3.26. The summed E-state index contributed by atoms with van der Waals surface area (Å²) in [4.78, 5) is 42.3. The molecule has 200 valence electrons. The number of anilines is 1. The van der Waals surface area contributed by atoms with E-state index in [1.165, 1.54) is 61.6 Å². The van der Waals surface area contributed by atoms with E-state index in [1.807, 2.05) is 0 Å². The van der Waals surface area contributed by atoms with Gasteiger partial charge in [-0.15, -0.1) is 0 Å². The number of benzene rings is 1. The van der Waals surface area contributed by atoms with Crippen molar-refractivity contribution in [2.75, 3.05) is 5.43 Å². The fourth-order valence-electron chi connectivity index (χ4n) is 4.34. The first-order valence-electron chi connectivity index (χ1n) is 13.1. The second-order valence-corrected chi connectivity index (χ2v) is 9.38. The zero-order valence-corrected chi connectivity index (χ0v) is 22.0. The second kappa shape index (κ2) is 13.5. The number of non-ortho nitro benzene ring substituents is 1. The Bertz CT molecular complexity index is 1350. The van der Waals surface area contributed by atoms with Crippen LogP contribution in [0.4, 0.5) is 11.6 Å². The number of nitrogens with one attached hydrogen (secondary N) is 2. The first kappa shape index (κ1) is 27.8.